The van der Waals surface area contributed by atoms with Crippen molar-refractivity contribution < 1.29 is 14.7 Å². The molecular weight excluding hydrogens is 318 g/mol. The molecule has 0 aromatic rings. The van der Waals surface area contributed by atoms with Crippen LogP contribution in [0.25, 0.3) is 0 Å². The van der Waals surface area contributed by atoms with Crippen LogP contribution in [0.2, 0.25) is 0 Å². The van der Waals surface area contributed by atoms with Crippen molar-refractivity contribution in [3.05, 3.63) is 11.6 Å². The van der Waals surface area contributed by atoms with E-state index in [1.807, 2.05) is 11.8 Å². The van der Waals surface area contributed by atoms with Crippen LogP contribution in [0.3, 0.4) is 0 Å². The van der Waals surface area contributed by atoms with Crippen LogP contribution in [-0.2, 0) is 9.59 Å². The van der Waals surface area contributed by atoms with Gasteiger partial charge < -0.3 is 14.9 Å². The highest BCUT2D eigenvalue weighted by molar-refractivity contribution is 6.12. The Morgan fingerprint density at radius 2 is 1.84 bits per heavy atom. The minimum Gasteiger partial charge on any atom is -0.396 e. The second-order valence-corrected chi connectivity index (χ2v) is 8.50. The fourth-order valence-corrected chi connectivity index (χ4v) is 4.35. The number of allylic oxidation sites excluding steroid dienone is 1. The van der Waals surface area contributed by atoms with Crippen LogP contribution in [0.15, 0.2) is 16.6 Å². The number of aliphatic hydroxyl groups is 1. The van der Waals surface area contributed by atoms with E-state index < -0.39 is 0 Å². The molecule has 3 fully saturated rings. The third-order valence-corrected chi connectivity index (χ3v) is 6.28. The fourth-order valence-electron chi connectivity index (χ4n) is 4.35. The Labute approximate surface area is 149 Å². The Kier molecular flexibility index (Phi) is 4.52. The average Bonchev–Trinajstić information content (AvgIpc) is 3.02. The molecule has 1 aliphatic carbocycles. The van der Waals surface area contributed by atoms with Crippen LogP contribution >= 0.6 is 0 Å². The minimum absolute atomic E-state index is 0.0318. The van der Waals surface area contributed by atoms with Gasteiger partial charge in [0.05, 0.1) is 5.57 Å². The molecule has 1 spiro atoms. The molecule has 1 N–H and O–H groups in total. The SMILES string of the molecule is C/C=C(\C=NC)C(=O)N1CC(CO)C2(C1)CN(C(=O)[C@H]1CC1(C)C)C2. The van der Waals surface area contributed by atoms with E-state index in [-0.39, 0.29) is 41.1 Å². The van der Waals surface area contributed by atoms with Crippen LogP contribution in [0.4, 0.5) is 0 Å². The summed E-state index contributed by atoms with van der Waals surface area (Å²) in [5.41, 5.74) is 0.554. The van der Waals surface area contributed by atoms with Gasteiger partial charge in [-0.3, -0.25) is 14.6 Å². The van der Waals surface area contributed by atoms with E-state index in [1.165, 1.54) is 0 Å². The van der Waals surface area contributed by atoms with Crippen molar-refractivity contribution in [3.8, 4) is 0 Å². The monoisotopic (exact) mass is 347 g/mol. The molecule has 1 saturated carbocycles. The summed E-state index contributed by atoms with van der Waals surface area (Å²) in [6.07, 6.45) is 4.30. The van der Waals surface area contributed by atoms with E-state index in [0.29, 0.717) is 31.8 Å². The largest absolute Gasteiger partial charge is 0.396 e. The van der Waals surface area contributed by atoms with Crippen LogP contribution in [0, 0.1) is 22.7 Å². The van der Waals surface area contributed by atoms with Crippen LogP contribution in [0.5, 0.6) is 0 Å². The topological polar surface area (TPSA) is 73.2 Å². The number of amides is 2. The summed E-state index contributed by atoms with van der Waals surface area (Å²) >= 11 is 0. The average molecular weight is 347 g/mol. The van der Waals surface area contributed by atoms with Gasteiger partial charge in [0.25, 0.3) is 5.91 Å². The maximum atomic E-state index is 12.7. The normalized spacial score (nSPS) is 30.0. The standard InChI is InChI=1S/C19H29N3O3/c1-5-13(7-20-4)16(24)21-8-14(9-23)19(10-21)11-22(12-19)17(25)15-6-18(15,2)3/h5,7,14-15,23H,6,8-12H2,1-4H3/b13-5+,20-7?/t14?,15-/m1/s1. The lowest BCUT2D eigenvalue weighted by molar-refractivity contribution is -0.148. The van der Waals surface area contributed by atoms with E-state index in [1.54, 1.807) is 24.2 Å². The van der Waals surface area contributed by atoms with E-state index >= 15 is 0 Å². The molecule has 0 aromatic carbocycles. The molecule has 0 bridgehead atoms. The number of hydrogen-bond donors (Lipinski definition) is 1. The van der Waals surface area contributed by atoms with E-state index in [2.05, 4.69) is 18.8 Å². The predicted molar refractivity (Wildman–Crippen MR) is 96.2 cm³/mol. The van der Waals surface area contributed by atoms with Crippen LogP contribution in [0.1, 0.15) is 27.2 Å². The van der Waals surface area contributed by atoms with E-state index in [4.69, 9.17) is 0 Å². The van der Waals surface area contributed by atoms with Crippen LogP contribution in [-0.4, -0.2) is 72.8 Å². The minimum atomic E-state index is -0.151. The number of carbonyl (C=O) groups is 2. The molecule has 6 heteroatoms. The zero-order chi connectivity index (χ0) is 18.4. The van der Waals surface area contributed by atoms with Crippen molar-refractivity contribution >= 4 is 18.0 Å². The first kappa shape index (κ1) is 18.1. The Morgan fingerprint density at radius 3 is 2.32 bits per heavy atom. The first-order valence-electron chi connectivity index (χ1n) is 9.05. The highest BCUT2D eigenvalue weighted by Crippen LogP contribution is 2.54. The summed E-state index contributed by atoms with van der Waals surface area (Å²) in [4.78, 5) is 32.9. The highest BCUT2D eigenvalue weighted by atomic mass is 16.3. The third-order valence-electron chi connectivity index (χ3n) is 6.28. The maximum absolute atomic E-state index is 12.7. The maximum Gasteiger partial charge on any atom is 0.255 e. The van der Waals surface area contributed by atoms with Crippen molar-refractivity contribution in [2.75, 3.05) is 39.8 Å². The molecule has 2 atom stereocenters. The molecule has 2 saturated heterocycles. The van der Waals surface area contributed by atoms with Gasteiger partial charge in [0.15, 0.2) is 0 Å². The van der Waals surface area contributed by atoms with Gasteiger partial charge in [0.2, 0.25) is 5.91 Å². The van der Waals surface area contributed by atoms with E-state index in [9.17, 15) is 14.7 Å². The second-order valence-electron chi connectivity index (χ2n) is 8.50. The number of likely N-dealkylation sites (tertiary alicyclic amines) is 2. The van der Waals surface area contributed by atoms with Gasteiger partial charge in [-0.25, -0.2) is 0 Å². The van der Waals surface area contributed by atoms with Gasteiger partial charge in [-0.1, -0.05) is 19.9 Å². The van der Waals surface area contributed by atoms with Crippen molar-refractivity contribution in [2.24, 2.45) is 27.7 Å². The summed E-state index contributed by atoms with van der Waals surface area (Å²) < 4.78 is 0. The molecule has 0 aromatic heterocycles. The Balaban J connectivity index is 1.65. The predicted octanol–water partition coefficient (Wildman–Crippen LogP) is 0.959. The summed E-state index contributed by atoms with van der Waals surface area (Å²) in [6.45, 7) is 8.59. The van der Waals surface area contributed by atoms with Gasteiger partial charge >= 0.3 is 0 Å². The first-order valence-corrected chi connectivity index (χ1v) is 9.05. The molecule has 2 aliphatic heterocycles. The van der Waals surface area contributed by atoms with E-state index in [0.717, 1.165) is 6.42 Å². The summed E-state index contributed by atoms with van der Waals surface area (Å²) in [7, 11) is 1.65. The molecule has 25 heavy (non-hydrogen) atoms. The number of carbonyl (C=O) groups excluding carboxylic acids is 2. The molecule has 6 nitrogen and oxygen atoms in total. The van der Waals surface area contributed by atoms with Gasteiger partial charge in [-0.05, 0) is 18.8 Å². The van der Waals surface area contributed by atoms with Crippen molar-refractivity contribution in [1.82, 2.24) is 9.80 Å². The molecule has 2 heterocycles. The third kappa shape index (κ3) is 3.01. The molecule has 2 amide bonds. The zero-order valence-corrected chi connectivity index (χ0v) is 15.7. The van der Waals surface area contributed by atoms with Gasteiger partial charge in [-0.2, -0.15) is 0 Å². The summed E-state index contributed by atoms with van der Waals surface area (Å²) in [6, 6.07) is 0. The number of nitrogens with zero attached hydrogens (tertiary/aromatic N) is 3. The summed E-state index contributed by atoms with van der Waals surface area (Å²) in [5, 5.41) is 9.81. The lowest BCUT2D eigenvalue weighted by Gasteiger charge is -2.51. The quantitative estimate of drug-likeness (QED) is 0.608. The lowest BCUT2D eigenvalue weighted by Crippen LogP contribution is -2.63. The Hall–Kier alpha value is -1.69. The first-order chi connectivity index (χ1) is 11.8. The zero-order valence-electron chi connectivity index (χ0n) is 15.7. The number of rotatable bonds is 4. The van der Waals surface area contributed by atoms with Crippen molar-refractivity contribution in [2.45, 2.75) is 27.2 Å². The fraction of sp³-hybridized carbons (Fsp3) is 0.737. The molecular formula is C19H29N3O3. The molecule has 0 radical (unpaired) electrons. The van der Waals surface area contributed by atoms with Gasteiger partial charge in [0.1, 0.15) is 0 Å². The second kappa shape index (κ2) is 6.24. The lowest BCUT2D eigenvalue weighted by atomic mass is 9.71. The molecule has 3 aliphatic rings. The smallest absolute Gasteiger partial charge is 0.255 e. The van der Waals surface area contributed by atoms with Crippen molar-refractivity contribution in [3.63, 3.8) is 0 Å². The molecule has 1 unspecified atom stereocenters. The molecule has 3 rings (SSSR count). The Morgan fingerprint density at radius 1 is 1.24 bits per heavy atom. The highest BCUT2D eigenvalue weighted by Gasteiger charge is 2.60. The molecule has 138 valence electrons. The van der Waals surface area contributed by atoms with Crippen molar-refractivity contribution in [1.29, 1.82) is 0 Å². The number of aliphatic hydroxyl groups excluding tert-OH is 1. The van der Waals surface area contributed by atoms with Crippen LogP contribution < -0.4 is 0 Å². The Bertz CT molecular complexity index is 632. The van der Waals surface area contributed by atoms with Gasteiger partial charge in [0, 0.05) is 63.3 Å². The summed E-state index contributed by atoms with van der Waals surface area (Å²) in [5.74, 6) is 0.372. The van der Waals surface area contributed by atoms with Gasteiger partial charge in [-0.15, -0.1) is 0 Å². The number of hydrogen-bond acceptors (Lipinski definition) is 4. The number of aliphatic imine (C=N–C) groups is 1.